The summed E-state index contributed by atoms with van der Waals surface area (Å²) >= 11 is 0. The second-order valence-corrected chi connectivity index (χ2v) is 9.77. The molecule has 2 N–H and O–H groups in total. The predicted octanol–water partition coefficient (Wildman–Crippen LogP) is 2.94. The largest absolute Gasteiger partial charge is 0.369 e. The first-order valence-electron chi connectivity index (χ1n) is 12.3. The number of imide groups is 1. The number of hydrogen-bond acceptors (Lipinski definition) is 5. The van der Waals surface area contributed by atoms with E-state index >= 15 is 0 Å². The zero-order valence-electron chi connectivity index (χ0n) is 20.1. The number of hydrogen-bond donors (Lipinski definition) is 2. The van der Waals surface area contributed by atoms with Gasteiger partial charge in [-0.15, -0.1) is 0 Å². The van der Waals surface area contributed by atoms with E-state index in [2.05, 4.69) is 24.9 Å². The van der Waals surface area contributed by atoms with E-state index in [1.807, 2.05) is 24.4 Å². The van der Waals surface area contributed by atoms with Gasteiger partial charge in [-0.05, 0) is 30.2 Å². The second kappa shape index (κ2) is 9.01. The molecule has 0 spiro atoms. The smallest absolute Gasteiger partial charge is 0.255 e. The number of aromatic amines is 1. The van der Waals surface area contributed by atoms with Crippen molar-refractivity contribution in [3.05, 3.63) is 70.5 Å². The number of nitrogens with one attached hydrogen (secondary N) is 2. The Morgan fingerprint density at radius 1 is 1.08 bits per heavy atom. The summed E-state index contributed by atoms with van der Waals surface area (Å²) in [7, 11) is 0. The van der Waals surface area contributed by atoms with Crippen LogP contribution in [0.4, 0.5) is 15.8 Å². The molecule has 2 saturated heterocycles. The van der Waals surface area contributed by atoms with Crippen LogP contribution in [0.15, 0.2) is 36.5 Å². The lowest BCUT2D eigenvalue weighted by Crippen LogP contribution is -2.52. The van der Waals surface area contributed by atoms with Crippen LogP contribution in [-0.4, -0.2) is 64.7 Å². The Labute approximate surface area is 212 Å². The van der Waals surface area contributed by atoms with Crippen molar-refractivity contribution >= 4 is 40.0 Å². The van der Waals surface area contributed by atoms with Crippen molar-refractivity contribution in [3.63, 3.8) is 0 Å². The van der Waals surface area contributed by atoms with Crippen molar-refractivity contribution in [1.29, 1.82) is 0 Å². The fourth-order valence-corrected chi connectivity index (χ4v) is 5.65. The van der Waals surface area contributed by atoms with Crippen LogP contribution < -0.4 is 10.2 Å². The summed E-state index contributed by atoms with van der Waals surface area (Å²) in [5, 5.41) is 3.41. The zero-order valence-corrected chi connectivity index (χ0v) is 20.1. The van der Waals surface area contributed by atoms with Crippen LogP contribution in [0.1, 0.15) is 34.3 Å². The number of H-pyrrole nitrogens is 1. The number of anilines is 1. The van der Waals surface area contributed by atoms with Gasteiger partial charge in [0.05, 0.1) is 6.57 Å². The van der Waals surface area contributed by atoms with Gasteiger partial charge in [0.2, 0.25) is 11.8 Å². The summed E-state index contributed by atoms with van der Waals surface area (Å²) in [6.45, 7) is 11.1. The molecule has 1 unspecified atom stereocenters. The highest BCUT2D eigenvalue weighted by Crippen LogP contribution is 2.36. The molecular formula is C27H25FN6O3. The van der Waals surface area contributed by atoms with E-state index in [0.29, 0.717) is 30.0 Å². The Bertz CT molecular complexity index is 1480. The molecule has 1 aromatic heterocycles. The average molecular weight is 501 g/mol. The zero-order chi connectivity index (χ0) is 25.7. The van der Waals surface area contributed by atoms with Crippen LogP contribution in [0.2, 0.25) is 0 Å². The molecule has 3 aromatic rings. The maximum atomic E-state index is 14.6. The predicted molar refractivity (Wildman–Crippen MR) is 134 cm³/mol. The van der Waals surface area contributed by atoms with Gasteiger partial charge in [0, 0.05) is 79.6 Å². The molecule has 0 aliphatic carbocycles. The van der Waals surface area contributed by atoms with Gasteiger partial charge in [0.15, 0.2) is 5.69 Å². The summed E-state index contributed by atoms with van der Waals surface area (Å²) in [6.07, 6.45) is 2.43. The number of benzene rings is 2. The third kappa shape index (κ3) is 4.11. The lowest BCUT2D eigenvalue weighted by molar-refractivity contribution is -0.136. The Kier molecular flexibility index (Phi) is 5.65. The topological polar surface area (TPSA) is 93.1 Å². The minimum atomic E-state index is -0.729. The van der Waals surface area contributed by atoms with Gasteiger partial charge in [0.1, 0.15) is 11.9 Å². The first-order valence-corrected chi connectivity index (χ1v) is 12.3. The van der Waals surface area contributed by atoms with Gasteiger partial charge in [-0.2, -0.15) is 0 Å². The molecule has 1 atom stereocenters. The maximum Gasteiger partial charge on any atom is 0.255 e. The molecule has 0 bridgehead atoms. The average Bonchev–Trinajstić information content (AvgIpc) is 3.44. The number of nitrogens with zero attached hydrogens (tertiary/aromatic N) is 4. The number of carbonyl (C=O) groups excluding carboxylic acids is 3. The first-order chi connectivity index (χ1) is 17.9. The van der Waals surface area contributed by atoms with Gasteiger partial charge in [-0.3, -0.25) is 24.6 Å². The number of aromatic nitrogens is 1. The van der Waals surface area contributed by atoms with E-state index < -0.39 is 17.8 Å². The van der Waals surface area contributed by atoms with Crippen molar-refractivity contribution in [2.45, 2.75) is 32.0 Å². The number of carbonyl (C=O) groups is 3. The van der Waals surface area contributed by atoms with Crippen molar-refractivity contribution in [2.75, 3.05) is 31.1 Å². The van der Waals surface area contributed by atoms with E-state index in [1.165, 1.54) is 17.0 Å². The highest BCUT2D eigenvalue weighted by Gasteiger charge is 2.41. The van der Waals surface area contributed by atoms with Crippen LogP contribution in [0, 0.1) is 12.4 Å². The molecule has 3 aliphatic heterocycles. The highest BCUT2D eigenvalue weighted by molar-refractivity contribution is 6.06. The lowest BCUT2D eigenvalue weighted by Gasteiger charge is -2.37. The minimum Gasteiger partial charge on any atom is -0.369 e. The maximum absolute atomic E-state index is 14.6. The molecule has 3 amide bonds. The normalized spacial score (nSPS) is 20.3. The summed E-state index contributed by atoms with van der Waals surface area (Å²) < 4.78 is 14.6. The van der Waals surface area contributed by atoms with Gasteiger partial charge >= 0.3 is 0 Å². The molecular weight excluding hydrogens is 475 g/mol. The van der Waals surface area contributed by atoms with Crippen LogP contribution >= 0.6 is 0 Å². The summed E-state index contributed by atoms with van der Waals surface area (Å²) in [6, 6.07) is 7.66. The van der Waals surface area contributed by atoms with Crippen LogP contribution in [-0.2, 0) is 22.7 Å². The van der Waals surface area contributed by atoms with Crippen molar-refractivity contribution in [3.8, 4) is 0 Å². The number of piperazine rings is 1. The number of amides is 3. The summed E-state index contributed by atoms with van der Waals surface area (Å²) in [4.78, 5) is 49.7. The van der Waals surface area contributed by atoms with E-state index in [-0.39, 0.29) is 31.2 Å². The van der Waals surface area contributed by atoms with E-state index in [0.717, 1.165) is 41.7 Å². The molecule has 188 valence electrons. The summed E-state index contributed by atoms with van der Waals surface area (Å²) in [5.74, 6) is -1.66. The van der Waals surface area contributed by atoms with Crippen LogP contribution in [0.25, 0.3) is 15.7 Å². The molecule has 2 aromatic carbocycles. The van der Waals surface area contributed by atoms with Crippen molar-refractivity contribution < 1.29 is 18.8 Å². The molecule has 37 heavy (non-hydrogen) atoms. The minimum absolute atomic E-state index is 0.177. The third-order valence-electron chi connectivity index (χ3n) is 7.58. The molecule has 0 radical (unpaired) electrons. The highest BCUT2D eigenvalue weighted by atomic mass is 19.1. The standard InChI is InChI=1S/C27H25FN6O3/c1-29-18-2-3-19-16(13-30-22(19)12-18)14-32-6-8-33(9-7-32)24-11-17(28)10-20-21(24)15-34(27(20)37)23-4-5-25(35)31-26(23)36/h2-3,10-13,23,30H,4-9,14-15H2,(H,31,35,36). The monoisotopic (exact) mass is 500 g/mol. The van der Waals surface area contributed by atoms with Crippen molar-refractivity contribution in [2.24, 2.45) is 0 Å². The van der Waals surface area contributed by atoms with Gasteiger partial charge in [-0.1, -0.05) is 12.1 Å². The fourth-order valence-electron chi connectivity index (χ4n) is 5.65. The molecule has 3 aliphatic rings. The SMILES string of the molecule is [C-]#[N+]c1ccc2c(CN3CCN(c4cc(F)cc5c4CN(C4CCC(=O)NC4=O)C5=O)CC3)c[nH]c2c1. The first kappa shape index (κ1) is 23.2. The van der Waals surface area contributed by atoms with Gasteiger partial charge < -0.3 is 14.8 Å². The fraction of sp³-hybridized carbons (Fsp3) is 0.333. The molecule has 6 rings (SSSR count). The number of rotatable bonds is 4. The van der Waals surface area contributed by atoms with E-state index in [1.54, 1.807) is 0 Å². The quantitative estimate of drug-likeness (QED) is 0.425. The van der Waals surface area contributed by atoms with Crippen LogP contribution in [0.5, 0.6) is 0 Å². The molecule has 10 heteroatoms. The number of fused-ring (bicyclic) bond motifs is 2. The number of halogens is 1. The molecule has 2 fully saturated rings. The van der Waals surface area contributed by atoms with Crippen molar-refractivity contribution in [1.82, 2.24) is 20.1 Å². The Balaban J connectivity index is 1.17. The third-order valence-corrected chi connectivity index (χ3v) is 7.58. The molecule has 0 saturated carbocycles. The van der Waals surface area contributed by atoms with Gasteiger partial charge in [0.25, 0.3) is 5.91 Å². The van der Waals surface area contributed by atoms with Crippen LogP contribution in [0.3, 0.4) is 0 Å². The Morgan fingerprint density at radius 2 is 1.89 bits per heavy atom. The summed E-state index contributed by atoms with van der Waals surface area (Å²) in [5.41, 5.74) is 4.43. The lowest BCUT2D eigenvalue weighted by atomic mass is 10.0. The molecule has 4 heterocycles. The number of piperidine rings is 1. The Morgan fingerprint density at radius 3 is 2.65 bits per heavy atom. The molecule has 9 nitrogen and oxygen atoms in total. The second-order valence-electron chi connectivity index (χ2n) is 9.77. The van der Waals surface area contributed by atoms with E-state index in [9.17, 15) is 18.8 Å². The van der Waals surface area contributed by atoms with Gasteiger partial charge in [-0.25, -0.2) is 9.24 Å². The Hall–Kier alpha value is -4.23. The van der Waals surface area contributed by atoms with E-state index in [4.69, 9.17) is 6.57 Å².